The van der Waals surface area contributed by atoms with Crippen LogP contribution in [0.15, 0.2) is 0 Å². The minimum absolute atomic E-state index is 0. The topological polar surface area (TPSA) is 108 Å². The van der Waals surface area contributed by atoms with Gasteiger partial charge in [0.25, 0.3) is 0 Å². The van der Waals surface area contributed by atoms with Crippen molar-refractivity contribution in [3.63, 3.8) is 0 Å². The molecule has 0 aliphatic carbocycles. The van der Waals surface area contributed by atoms with Gasteiger partial charge in [-0.3, -0.25) is 0 Å². The third-order valence-electron chi connectivity index (χ3n) is 0. The molecule has 0 spiro atoms. The third-order valence-corrected chi connectivity index (χ3v) is 0. The van der Waals surface area contributed by atoms with Gasteiger partial charge in [-0.2, -0.15) is 0 Å². The molecule has 0 bridgehead atoms. The van der Waals surface area contributed by atoms with Crippen LogP contribution in [-0.2, 0) is 139 Å². The Morgan fingerprint density at radius 2 is 1.00 bits per heavy atom. The van der Waals surface area contributed by atoms with Gasteiger partial charge in [-0.1, -0.05) is 0 Å². The van der Waals surface area contributed by atoms with E-state index in [-0.39, 0.29) is 95.9 Å². The first kappa shape index (κ1) is 57.9. The zero-order chi connectivity index (χ0) is 4.71. The fourth-order valence-electron chi connectivity index (χ4n) is 0. The van der Waals surface area contributed by atoms with Crippen molar-refractivity contribution in [1.29, 1.82) is 0 Å². The molecule has 0 unspecified atom stereocenters. The van der Waals surface area contributed by atoms with Crippen molar-refractivity contribution in [2.24, 2.45) is 0 Å². The Bertz CT molecular complexity index is 27.6. The maximum absolute atomic E-state index is 8.50. The van der Waals surface area contributed by atoms with Crippen LogP contribution in [0.3, 0.4) is 0 Å². The summed E-state index contributed by atoms with van der Waals surface area (Å²) in [7, 11) is 0. The molecule has 11 heavy (non-hydrogen) atoms. The molecule has 0 atom stereocenters. The molecule has 0 saturated carbocycles. The molecule has 0 aliphatic rings. The normalized spacial score (nSPS) is 1.55. The summed E-state index contributed by atoms with van der Waals surface area (Å²) >= 11 is 1.89. The van der Waals surface area contributed by atoms with E-state index in [4.69, 9.17) is 7.16 Å². The summed E-state index contributed by atoms with van der Waals surface area (Å²) in [4.78, 5) is 0. The predicted octanol–water partition coefficient (Wildman–Crippen LogP) is -1.77. The number of quaternary nitrogens is 1. The van der Waals surface area contributed by atoms with E-state index < -0.39 is 18.9 Å². The van der Waals surface area contributed by atoms with Crippen molar-refractivity contribution in [3.05, 3.63) is 0 Å². The first-order chi connectivity index (χ1) is 2.41. The van der Waals surface area contributed by atoms with E-state index in [9.17, 15) is 0 Å². The van der Waals surface area contributed by atoms with Crippen molar-refractivity contribution < 1.29 is 148 Å². The van der Waals surface area contributed by atoms with Gasteiger partial charge in [0.2, 0.25) is 0 Å². The van der Waals surface area contributed by atoms with Crippen LogP contribution in [-0.4, -0.2) is 5.48 Å². The van der Waals surface area contributed by atoms with Crippen LogP contribution < -0.4 is 9.91 Å². The summed E-state index contributed by atoms with van der Waals surface area (Å²) in [5, 5.41) is 0. The van der Waals surface area contributed by atoms with Crippen LogP contribution >= 0.6 is 0 Å². The molecule has 0 fully saturated rings. The predicted molar refractivity (Wildman–Crippen MR) is 10.3 cm³/mol. The van der Waals surface area contributed by atoms with Crippen LogP contribution in [0.5, 0.6) is 0 Å². The second-order valence-corrected chi connectivity index (χ2v) is 0.403. The van der Waals surface area contributed by atoms with E-state index in [0.29, 0.717) is 0 Å². The second-order valence-electron chi connectivity index (χ2n) is 0.0680. The molecule has 71 valence electrons. The summed E-state index contributed by atoms with van der Waals surface area (Å²) in [6, 6.07) is 0. The second kappa shape index (κ2) is 87.4. The van der Waals surface area contributed by atoms with Crippen LogP contribution in [0.25, 0.3) is 0 Å². The van der Waals surface area contributed by atoms with Crippen LogP contribution in [0.4, 0.5) is 0 Å². The van der Waals surface area contributed by atoms with Crippen LogP contribution in [0.1, 0.15) is 0 Å². The van der Waals surface area contributed by atoms with Crippen LogP contribution in [0.2, 0.25) is 0 Å². The zero-order valence-electron chi connectivity index (χ0n) is 5.17. The molecule has 11 heteroatoms. The van der Waals surface area contributed by atoms with E-state index in [0.717, 1.165) is 0 Å². The van der Waals surface area contributed by atoms with Gasteiger partial charge < -0.3 is 11.6 Å². The Morgan fingerprint density at radius 3 is 1.00 bits per heavy atom. The maximum atomic E-state index is 8.50. The summed E-state index contributed by atoms with van der Waals surface area (Å²) in [6.07, 6.45) is 0. The summed E-state index contributed by atoms with van der Waals surface area (Å²) in [6.45, 7) is 0. The Labute approximate surface area is 151 Å². The van der Waals surface area contributed by atoms with Gasteiger partial charge in [-0.15, -0.1) is 0 Å². The van der Waals surface area contributed by atoms with Crippen molar-refractivity contribution in [2.45, 2.75) is 0 Å². The summed E-state index contributed by atoms with van der Waals surface area (Å²) in [5.74, 6) is 0. The van der Waals surface area contributed by atoms with Crippen molar-refractivity contribution in [2.75, 3.05) is 0 Å². The molecular formula is H6Mo7NO3. The van der Waals surface area contributed by atoms with Gasteiger partial charge in [-0.25, -0.2) is 0 Å². The molecule has 6 N–H and O–H groups in total. The van der Waals surface area contributed by atoms with Crippen molar-refractivity contribution in [3.8, 4) is 0 Å². The van der Waals surface area contributed by atoms with Crippen molar-refractivity contribution in [1.82, 2.24) is 6.15 Å². The molecule has 0 amide bonds. The third kappa shape index (κ3) is 112. The fraction of sp³-hybridized carbons (Fsp3) is 0. The Morgan fingerprint density at radius 1 is 1.00 bits per heavy atom. The average molecular weight is 740 g/mol. The molecule has 0 aromatic rings. The van der Waals surface area contributed by atoms with E-state index in [1.807, 2.05) is 32.4 Å². The quantitative estimate of drug-likeness (QED) is 0.297. The van der Waals surface area contributed by atoms with Gasteiger partial charge in [0.05, 0.1) is 0 Å². The number of rotatable bonds is 0. The zero-order valence-corrected chi connectivity index (χ0v) is 19.2. The Kier molecular flexibility index (Phi) is 460. The van der Waals surface area contributed by atoms with Gasteiger partial charge in [0.15, 0.2) is 0 Å². The Balaban J connectivity index is -0.00000000181. The van der Waals surface area contributed by atoms with Gasteiger partial charge >= 0.3 is 58.5 Å². The summed E-state index contributed by atoms with van der Waals surface area (Å²) in [5.41, 5.74) is 0. The van der Waals surface area contributed by atoms with Crippen molar-refractivity contribution >= 4 is 0 Å². The first-order valence-corrected chi connectivity index (χ1v) is 7.81. The van der Waals surface area contributed by atoms with Gasteiger partial charge in [0.1, 0.15) is 0 Å². The van der Waals surface area contributed by atoms with Gasteiger partial charge in [0, 0.05) is 84.3 Å². The molecule has 0 aliphatic heterocycles. The van der Waals surface area contributed by atoms with E-state index in [2.05, 4.69) is 0 Å². The standard InChI is InChI=1S/7Mo.H3N.H2O.2O/h;;;;;;;1H3;1H2;;/q;;;;;;;;;;-1/p+1. The van der Waals surface area contributed by atoms with E-state index in [1.54, 1.807) is 0 Å². The number of hydrogen-bond acceptors (Lipinski definition) is 2. The molecule has 0 saturated heterocycles. The minimum atomic E-state index is -2.03. The molecular weight excluding hydrogens is 734 g/mol. The van der Waals surface area contributed by atoms with E-state index in [1.165, 1.54) is 0 Å². The summed E-state index contributed by atoms with van der Waals surface area (Å²) < 4.78 is 17.0. The average Bonchev–Trinajstić information content (AvgIpc) is 1.46. The first-order valence-electron chi connectivity index (χ1n) is 0.500. The fourth-order valence-corrected chi connectivity index (χ4v) is 0. The molecule has 0 heterocycles. The van der Waals surface area contributed by atoms with Crippen LogP contribution in [0, 0.1) is 0 Å². The van der Waals surface area contributed by atoms with E-state index >= 15 is 0 Å². The van der Waals surface area contributed by atoms with Gasteiger partial charge in [-0.05, 0) is 0 Å². The molecule has 0 rings (SSSR count). The molecule has 0 aromatic carbocycles. The molecule has 0 aromatic heterocycles. The SMILES string of the molecule is O.[Mo].[Mo].[Mo].[Mo].[Mo]=[Mo].[NH4+].[O]=[Mo][O-]. The Hall–Kier alpha value is 4.50. The molecule has 0 radical (unpaired) electrons. The number of hydrogen-bond donors (Lipinski definition) is 1. The monoisotopic (exact) mass is 753 g/mol. The molecule has 4 nitrogen and oxygen atoms in total.